The van der Waals surface area contributed by atoms with E-state index in [-0.39, 0.29) is 73.5 Å². The van der Waals surface area contributed by atoms with E-state index in [9.17, 15) is 28.4 Å². The van der Waals surface area contributed by atoms with Gasteiger partial charge in [0.05, 0.1) is 11.8 Å². The molecule has 0 aliphatic carbocycles. The maximum Gasteiger partial charge on any atom is 0.253 e. The number of hydrogen-bond acceptors (Lipinski definition) is 7. The zero-order valence-corrected chi connectivity index (χ0v) is 34.8. The number of imide groups is 1. The van der Waals surface area contributed by atoms with E-state index in [1.165, 1.54) is 28.8 Å². The van der Waals surface area contributed by atoms with Crippen molar-refractivity contribution in [2.24, 2.45) is 11.3 Å². The van der Waals surface area contributed by atoms with Gasteiger partial charge in [-0.15, -0.1) is 0 Å². The van der Waals surface area contributed by atoms with Crippen LogP contribution in [0.15, 0.2) is 72.9 Å². The van der Waals surface area contributed by atoms with Crippen LogP contribution in [0.25, 0.3) is 11.1 Å². The van der Waals surface area contributed by atoms with E-state index in [0.29, 0.717) is 62.3 Å². The van der Waals surface area contributed by atoms with Crippen molar-refractivity contribution in [3.05, 3.63) is 95.8 Å². The summed E-state index contributed by atoms with van der Waals surface area (Å²) in [5, 5.41) is 8.65. The molecule has 5 rings (SSSR count). The molecule has 3 N–H and O–H groups in total. The van der Waals surface area contributed by atoms with Gasteiger partial charge in [0.25, 0.3) is 11.8 Å². The first kappa shape index (κ1) is 45.2. The molecule has 318 valence electrons. The second kappa shape index (κ2) is 21.4. The number of rotatable bonds is 21. The molecule has 1 aromatic heterocycles. The fraction of sp³-hybridized carbons (Fsp3) is 0.477. The second-order valence-corrected chi connectivity index (χ2v) is 17.2. The molecule has 1 saturated heterocycles. The standard InChI is InChI=1S/C44H55F3N6O5S/c1-44(2,3)43(37-22-31(34-23-33(45)13-14-35(34)46)27-51(37)26-30-10-6-4-7-11-30)53(28-32-24-48-25-36(32)47)42(58)29-59-21-17-39(55)50-19-18-49-38(54)12-8-5-9-20-52-40(56)15-16-41(52)57/h4,6-7,10-11,13-16,22-23,27,32,36,43,48H,5,8-9,12,17-21,24-26,28-29H2,1-3H3,(H,49,54)(H,50,55)/t32-,36-,43-/m0/s1. The molecule has 5 amide bonds. The average Bonchev–Trinajstić information content (AvgIpc) is 3.89. The van der Waals surface area contributed by atoms with Gasteiger partial charge in [-0.1, -0.05) is 57.5 Å². The molecule has 1 fully saturated rings. The highest BCUT2D eigenvalue weighted by atomic mass is 32.2. The molecule has 0 radical (unpaired) electrons. The van der Waals surface area contributed by atoms with Crippen LogP contribution in [-0.4, -0.2) is 101 Å². The number of unbranched alkanes of at least 4 members (excludes halogenated alkanes) is 2. The lowest BCUT2D eigenvalue weighted by atomic mass is 9.82. The summed E-state index contributed by atoms with van der Waals surface area (Å²) in [6.45, 7) is 7.97. The predicted molar refractivity (Wildman–Crippen MR) is 223 cm³/mol. The summed E-state index contributed by atoms with van der Waals surface area (Å²) >= 11 is 1.30. The summed E-state index contributed by atoms with van der Waals surface area (Å²) in [5.41, 5.74) is 1.66. The third kappa shape index (κ3) is 13.0. The lowest BCUT2D eigenvalue weighted by molar-refractivity contribution is -0.137. The Bertz CT molecular complexity index is 1950. The normalized spacial score (nSPS) is 17.1. The topological polar surface area (TPSA) is 133 Å². The smallest absolute Gasteiger partial charge is 0.253 e. The number of nitrogens with zero attached hydrogens (tertiary/aromatic N) is 3. The number of benzene rings is 2. The highest BCUT2D eigenvalue weighted by Gasteiger charge is 2.40. The third-order valence-corrected chi connectivity index (χ3v) is 11.4. The summed E-state index contributed by atoms with van der Waals surface area (Å²) in [6.07, 6.45) is 5.47. The molecule has 2 aromatic carbocycles. The van der Waals surface area contributed by atoms with E-state index in [1.54, 1.807) is 17.2 Å². The molecular formula is C44H55F3N6O5S. The summed E-state index contributed by atoms with van der Waals surface area (Å²) < 4.78 is 46.7. The highest BCUT2D eigenvalue weighted by Crippen LogP contribution is 2.42. The minimum absolute atomic E-state index is 0.0410. The Kier molecular flexibility index (Phi) is 16.4. The summed E-state index contributed by atoms with van der Waals surface area (Å²) in [5.74, 6) is -2.44. The molecule has 0 spiro atoms. The average molecular weight is 837 g/mol. The number of halogens is 3. The summed E-state index contributed by atoms with van der Waals surface area (Å²) in [7, 11) is 0. The van der Waals surface area contributed by atoms with Gasteiger partial charge in [-0.05, 0) is 48.1 Å². The van der Waals surface area contributed by atoms with Gasteiger partial charge in [0, 0.05) is 105 Å². The lowest BCUT2D eigenvalue weighted by Crippen LogP contribution is -2.46. The second-order valence-electron chi connectivity index (χ2n) is 16.1. The van der Waals surface area contributed by atoms with Crippen molar-refractivity contribution in [2.75, 3.05) is 50.8 Å². The van der Waals surface area contributed by atoms with Gasteiger partial charge >= 0.3 is 0 Å². The fourth-order valence-electron chi connectivity index (χ4n) is 7.47. The molecule has 3 atom stereocenters. The number of nitrogens with one attached hydrogen (secondary N) is 3. The lowest BCUT2D eigenvalue weighted by Gasteiger charge is -2.42. The Balaban J connectivity index is 1.18. The Morgan fingerprint density at radius 1 is 0.915 bits per heavy atom. The fourth-order valence-corrected chi connectivity index (χ4v) is 8.28. The van der Waals surface area contributed by atoms with E-state index >= 15 is 8.78 Å². The molecule has 59 heavy (non-hydrogen) atoms. The zero-order chi connectivity index (χ0) is 42.5. The van der Waals surface area contributed by atoms with E-state index in [4.69, 9.17) is 0 Å². The maximum atomic E-state index is 15.2. The van der Waals surface area contributed by atoms with Gasteiger partial charge in [0.1, 0.15) is 17.8 Å². The molecule has 3 heterocycles. The van der Waals surface area contributed by atoms with E-state index in [1.807, 2.05) is 55.7 Å². The first-order valence-electron chi connectivity index (χ1n) is 20.2. The number of alkyl halides is 1. The largest absolute Gasteiger partial charge is 0.354 e. The van der Waals surface area contributed by atoms with Crippen LogP contribution >= 0.6 is 11.8 Å². The Morgan fingerprint density at radius 3 is 2.27 bits per heavy atom. The van der Waals surface area contributed by atoms with Crippen molar-refractivity contribution in [2.45, 2.75) is 71.6 Å². The minimum Gasteiger partial charge on any atom is -0.354 e. The number of amides is 5. The van der Waals surface area contributed by atoms with E-state index < -0.39 is 35.2 Å². The molecular weight excluding hydrogens is 782 g/mol. The predicted octanol–water partition coefficient (Wildman–Crippen LogP) is 5.80. The first-order chi connectivity index (χ1) is 28.2. The van der Waals surface area contributed by atoms with Crippen LogP contribution in [0.4, 0.5) is 13.2 Å². The maximum absolute atomic E-state index is 15.2. The Morgan fingerprint density at radius 2 is 1.61 bits per heavy atom. The summed E-state index contributed by atoms with van der Waals surface area (Å²) in [6, 6.07) is 14.2. The van der Waals surface area contributed by atoms with Crippen LogP contribution in [0.5, 0.6) is 0 Å². The highest BCUT2D eigenvalue weighted by molar-refractivity contribution is 7.99. The quantitative estimate of drug-likeness (QED) is 0.0914. The number of carbonyl (C=O) groups excluding carboxylic acids is 5. The van der Waals surface area contributed by atoms with Gasteiger partial charge in [-0.25, -0.2) is 13.2 Å². The van der Waals surface area contributed by atoms with Crippen molar-refractivity contribution in [3.8, 4) is 11.1 Å². The third-order valence-electron chi connectivity index (χ3n) is 10.4. The molecule has 15 heteroatoms. The molecule has 0 bridgehead atoms. The number of thioether (sulfide) groups is 1. The molecule has 2 aliphatic rings. The Labute approximate surface area is 348 Å². The monoisotopic (exact) mass is 836 g/mol. The van der Waals surface area contributed by atoms with Crippen molar-refractivity contribution in [1.29, 1.82) is 0 Å². The van der Waals surface area contributed by atoms with Crippen molar-refractivity contribution >= 4 is 41.3 Å². The van der Waals surface area contributed by atoms with Crippen LogP contribution in [-0.2, 0) is 30.5 Å². The van der Waals surface area contributed by atoms with Gasteiger partial charge in [-0.2, -0.15) is 11.8 Å². The first-order valence-corrected chi connectivity index (χ1v) is 21.3. The van der Waals surface area contributed by atoms with Crippen LogP contribution in [0, 0.1) is 23.0 Å². The zero-order valence-electron chi connectivity index (χ0n) is 34.0. The van der Waals surface area contributed by atoms with Gasteiger partial charge in [0.2, 0.25) is 17.7 Å². The summed E-state index contributed by atoms with van der Waals surface area (Å²) in [4.78, 5) is 65.3. The van der Waals surface area contributed by atoms with Crippen molar-refractivity contribution in [3.63, 3.8) is 0 Å². The minimum atomic E-state index is -1.15. The molecule has 11 nitrogen and oxygen atoms in total. The Hall–Kier alpha value is -4.89. The number of aromatic nitrogens is 1. The SMILES string of the molecule is CC(C)(C)[C@H](c1cc(-c2cc(F)ccc2F)cn1Cc1ccccc1)N(C[C@@H]1CNC[C@@H]1F)C(=O)CSCCC(=O)NCCNC(=O)CCCCCN1C(=O)C=CC1=O. The van der Waals surface area contributed by atoms with Crippen molar-refractivity contribution in [1.82, 2.24) is 30.3 Å². The van der Waals surface area contributed by atoms with Crippen LogP contribution in [0.3, 0.4) is 0 Å². The van der Waals surface area contributed by atoms with Gasteiger partial charge < -0.3 is 25.4 Å². The molecule has 3 aromatic rings. The van der Waals surface area contributed by atoms with Crippen LogP contribution in [0.1, 0.15) is 70.2 Å². The molecule has 0 unspecified atom stereocenters. The molecule has 0 saturated carbocycles. The van der Waals surface area contributed by atoms with E-state index in [0.717, 1.165) is 23.8 Å². The number of carbonyl (C=O) groups is 5. The van der Waals surface area contributed by atoms with E-state index in [2.05, 4.69) is 16.0 Å². The van der Waals surface area contributed by atoms with Crippen LogP contribution < -0.4 is 16.0 Å². The van der Waals surface area contributed by atoms with Crippen LogP contribution in [0.2, 0.25) is 0 Å². The number of hydrogen-bond donors (Lipinski definition) is 3. The van der Waals surface area contributed by atoms with Gasteiger partial charge in [-0.3, -0.25) is 28.9 Å². The van der Waals surface area contributed by atoms with Gasteiger partial charge in [0.15, 0.2) is 0 Å². The van der Waals surface area contributed by atoms with Crippen molar-refractivity contribution < 1.29 is 37.1 Å². The molecule has 2 aliphatic heterocycles.